The largest absolute Gasteiger partial charge is 0.481 e. The molecule has 0 bridgehead atoms. The number of nitrogens with zero attached hydrogens (tertiary/aromatic N) is 2. The zero-order valence-corrected chi connectivity index (χ0v) is 12.4. The standard InChI is InChI=1S/C16H19N3O3/c1-2-19-9-8-14(18-19)17-15(20)10-13(11-16(21)22)12-6-4-3-5-7-12/h3-9,13H,2,10-11H2,1H3,(H,21,22)(H,17,18,20)/t13-/m1/s1. The van der Waals surface area contributed by atoms with Gasteiger partial charge in [0.05, 0.1) is 6.42 Å². The minimum Gasteiger partial charge on any atom is -0.481 e. The molecule has 2 rings (SSSR count). The van der Waals surface area contributed by atoms with E-state index >= 15 is 0 Å². The lowest BCUT2D eigenvalue weighted by Crippen LogP contribution is -2.18. The topological polar surface area (TPSA) is 84.2 Å². The van der Waals surface area contributed by atoms with E-state index in [2.05, 4.69) is 10.4 Å². The number of benzene rings is 1. The van der Waals surface area contributed by atoms with Crippen LogP contribution in [0, 0.1) is 0 Å². The van der Waals surface area contributed by atoms with Crippen LogP contribution in [0.5, 0.6) is 0 Å². The number of nitrogens with one attached hydrogen (secondary N) is 1. The molecule has 0 unspecified atom stereocenters. The van der Waals surface area contributed by atoms with Crippen molar-refractivity contribution >= 4 is 17.7 Å². The second-order valence-corrected chi connectivity index (χ2v) is 5.01. The Labute approximate surface area is 128 Å². The minimum atomic E-state index is -0.920. The molecule has 1 heterocycles. The molecular formula is C16H19N3O3. The maximum atomic E-state index is 12.1. The van der Waals surface area contributed by atoms with Gasteiger partial charge in [-0.3, -0.25) is 14.3 Å². The first kappa shape index (κ1) is 15.8. The molecule has 0 aliphatic rings. The van der Waals surface area contributed by atoms with Gasteiger partial charge >= 0.3 is 5.97 Å². The van der Waals surface area contributed by atoms with Crippen LogP contribution in [0.15, 0.2) is 42.6 Å². The van der Waals surface area contributed by atoms with Gasteiger partial charge in [0, 0.05) is 31.1 Å². The molecule has 22 heavy (non-hydrogen) atoms. The van der Waals surface area contributed by atoms with Gasteiger partial charge in [0.2, 0.25) is 5.91 Å². The van der Waals surface area contributed by atoms with Crippen molar-refractivity contribution in [3.05, 3.63) is 48.2 Å². The Balaban J connectivity index is 2.03. The lowest BCUT2D eigenvalue weighted by atomic mass is 9.92. The predicted molar refractivity (Wildman–Crippen MR) is 82.6 cm³/mol. The maximum Gasteiger partial charge on any atom is 0.303 e. The number of carbonyl (C=O) groups is 2. The monoisotopic (exact) mass is 301 g/mol. The summed E-state index contributed by atoms with van der Waals surface area (Å²) in [5, 5.41) is 15.9. The van der Waals surface area contributed by atoms with Crippen LogP contribution >= 0.6 is 0 Å². The molecule has 0 radical (unpaired) electrons. The summed E-state index contributed by atoms with van der Waals surface area (Å²) in [6.45, 7) is 2.68. The first-order chi connectivity index (χ1) is 10.6. The van der Waals surface area contributed by atoms with E-state index in [4.69, 9.17) is 5.11 Å². The van der Waals surface area contributed by atoms with Crippen molar-refractivity contribution in [2.45, 2.75) is 32.2 Å². The number of rotatable bonds is 7. The molecule has 0 fully saturated rings. The van der Waals surface area contributed by atoms with Crippen molar-refractivity contribution < 1.29 is 14.7 Å². The number of carbonyl (C=O) groups excluding carboxylic acids is 1. The average Bonchev–Trinajstić information content (AvgIpc) is 2.94. The molecule has 1 amide bonds. The molecule has 1 atom stereocenters. The van der Waals surface area contributed by atoms with E-state index in [0.29, 0.717) is 5.82 Å². The molecule has 0 saturated heterocycles. The van der Waals surface area contributed by atoms with Crippen molar-refractivity contribution in [3.8, 4) is 0 Å². The van der Waals surface area contributed by atoms with Gasteiger partial charge in [-0.25, -0.2) is 0 Å². The normalized spacial score (nSPS) is 11.9. The third-order valence-corrected chi connectivity index (χ3v) is 3.36. The van der Waals surface area contributed by atoms with Gasteiger partial charge in [0.1, 0.15) is 0 Å². The molecule has 2 N–H and O–H groups in total. The first-order valence-electron chi connectivity index (χ1n) is 7.18. The van der Waals surface area contributed by atoms with Crippen LogP contribution in [-0.4, -0.2) is 26.8 Å². The van der Waals surface area contributed by atoms with E-state index < -0.39 is 5.97 Å². The highest BCUT2D eigenvalue weighted by Crippen LogP contribution is 2.24. The molecule has 0 aliphatic heterocycles. The number of amides is 1. The van der Waals surface area contributed by atoms with E-state index in [1.54, 1.807) is 16.9 Å². The van der Waals surface area contributed by atoms with Gasteiger partial charge in [-0.05, 0) is 12.5 Å². The molecule has 6 nitrogen and oxygen atoms in total. The zero-order valence-electron chi connectivity index (χ0n) is 12.4. The van der Waals surface area contributed by atoms with Gasteiger partial charge in [0.15, 0.2) is 5.82 Å². The van der Waals surface area contributed by atoms with Gasteiger partial charge < -0.3 is 10.4 Å². The number of anilines is 1. The number of aryl methyl sites for hydroxylation is 1. The van der Waals surface area contributed by atoms with Crippen molar-refractivity contribution in [2.24, 2.45) is 0 Å². The molecule has 2 aromatic rings. The summed E-state index contributed by atoms with van der Waals surface area (Å²) in [5.41, 5.74) is 0.846. The lowest BCUT2D eigenvalue weighted by molar-refractivity contribution is -0.137. The summed E-state index contributed by atoms with van der Waals surface area (Å²) in [6, 6.07) is 10.9. The summed E-state index contributed by atoms with van der Waals surface area (Å²) in [5.74, 6) is -1.03. The van der Waals surface area contributed by atoms with Crippen LogP contribution < -0.4 is 5.32 Å². The van der Waals surface area contributed by atoms with Crippen molar-refractivity contribution in [1.29, 1.82) is 0 Å². The molecule has 0 spiro atoms. The fourth-order valence-corrected chi connectivity index (χ4v) is 2.27. The molecule has 0 saturated carbocycles. The van der Waals surface area contributed by atoms with E-state index in [1.807, 2.05) is 37.3 Å². The van der Waals surface area contributed by atoms with Crippen LogP contribution in [0.2, 0.25) is 0 Å². The summed E-state index contributed by atoms with van der Waals surface area (Å²) >= 11 is 0. The van der Waals surface area contributed by atoms with Crippen molar-refractivity contribution in [3.63, 3.8) is 0 Å². The lowest BCUT2D eigenvalue weighted by Gasteiger charge is -2.14. The number of hydrogen-bond donors (Lipinski definition) is 2. The highest BCUT2D eigenvalue weighted by atomic mass is 16.4. The number of carboxylic acid groups (broad SMARTS) is 1. The summed E-state index contributed by atoms with van der Waals surface area (Å²) in [7, 11) is 0. The first-order valence-corrected chi connectivity index (χ1v) is 7.18. The zero-order chi connectivity index (χ0) is 15.9. The fourth-order valence-electron chi connectivity index (χ4n) is 2.27. The quantitative estimate of drug-likeness (QED) is 0.823. The van der Waals surface area contributed by atoms with Crippen LogP contribution in [0.1, 0.15) is 31.2 Å². The van der Waals surface area contributed by atoms with Crippen molar-refractivity contribution in [1.82, 2.24) is 9.78 Å². The SMILES string of the molecule is CCn1ccc(NC(=O)C[C@H](CC(=O)O)c2ccccc2)n1. The number of aromatic nitrogens is 2. The van der Waals surface area contributed by atoms with Crippen LogP contribution in [0.3, 0.4) is 0 Å². The number of hydrogen-bond acceptors (Lipinski definition) is 3. The Morgan fingerprint density at radius 1 is 1.23 bits per heavy atom. The Kier molecular flexibility index (Phi) is 5.30. The summed E-state index contributed by atoms with van der Waals surface area (Å²) in [4.78, 5) is 23.1. The Hall–Kier alpha value is -2.63. The summed E-state index contributed by atoms with van der Waals surface area (Å²) in [6.07, 6.45) is 1.80. The maximum absolute atomic E-state index is 12.1. The smallest absolute Gasteiger partial charge is 0.303 e. The third-order valence-electron chi connectivity index (χ3n) is 3.36. The Bertz CT molecular complexity index is 637. The van der Waals surface area contributed by atoms with Crippen LogP contribution in [0.4, 0.5) is 5.82 Å². The second-order valence-electron chi connectivity index (χ2n) is 5.01. The van der Waals surface area contributed by atoms with E-state index in [-0.39, 0.29) is 24.7 Å². The van der Waals surface area contributed by atoms with E-state index in [9.17, 15) is 9.59 Å². The molecule has 0 aliphatic carbocycles. The number of aliphatic carboxylic acids is 1. The molecule has 1 aromatic heterocycles. The highest BCUT2D eigenvalue weighted by Gasteiger charge is 2.19. The fraction of sp³-hybridized carbons (Fsp3) is 0.312. The molecular weight excluding hydrogens is 282 g/mol. The molecule has 116 valence electrons. The minimum absolute atomic E-state index is 0.0825. The van der Waals surface area contributed by atoms with E-state index in [1.165, 1.54) is 0 Å². The van der Waals surface area contributed by atoms with Crippen LogP contribution in [0.25, 0.3) is 0 Å². The van der Waals surface area contributed by atoms with E-state index in [0.717, 1.165) is 12.1 Å². The van der Waals surface area contributed by atoms with Gasteiger partial charge in [-0.2, -0.15) is 5.10 Å². The van der Waals surface area contributed by atoms with Gasteiger partial charge in [0.25, 0.3) is 0 Å². The van der Waals surface area contributed by atoms with Crippen LogP contribution in [-0.2, 0) is 16.1 Å². The highest BCUT2D eigenvalue weighted by molar-refractivity contribution is 5.90. The second kappa shape index (κ2) is 7.40. The van der Waals surface area contributed by atoms with Gasteiger partial charge in [-0.15, -0.1) is 0 Å². The Morgan fingerprint density at radius 2 is 1.95 bits per heavy atom. The van der Waals surface area contributed by atoms with Crippen molar-refractivity contribution in [2.75, 3.05) is 5.32 Å². The molecule has 1 aromatic carbocycles. The third kappa shape index (κ3) is 4.44. The number of carboxylic acids is 1. The predicted octanol–water partition coefficient (Wildman–Crippen LogP) is 2.49. The Morgan fingerprint density at radius 3 is 2.55 bits per heavy atom. The summed E-state index contributed by atoms with van der Waals surface area (Å²) < 4.78 is 1.71. The van der Waals surface area contributed by atoms with Gasteiger partial charge in [-0.1, -0.05) is 30.3 Å². The molecule has 6 heteroatoms. The average molecular weight is 301 g/mol.